The van der Waals surface area contributed by atoms with Gasteiger partial charge in [0.25, 0.3) is 0 Å². The first-order valence-electron chi connectivity index (χ1n) is 10.2. The zero-order valence-electron chi connectivity index (χ0n) is 16.8. The number of hydrogen-bond donors (Lipinski definition) is 1. The molecule has 0 saturated carbocycles. The Balaban J connectivity index is 1.56. The zero-order valence-corrected chi connectivity index (χ0v) is 17.7. The summed E-state index contributed by atoms with van der Waals surface area (Å²) in [5, 5.41) is 10.9. The molecule has 2 aromatic carbocycles. The van der Waals surface area contributed by atoms with Gasteiger partial charge in [0.1, 0.15) is 0 Å². The number of carbonyl (C=O) groups excluding carboxylic acids is 1. The summed E-state index contributed by atoms with van der Waals surface area (Å²) in [6, 6.07) is 16.4. The largest absolute Gasteiger partial charge is 0.360 e. The maximum atomic E-state index is 12.6. The van der Waals surface area contributed by atoms with E-state index in [0.29, 0.717) is 5.75 Å². The number of likely N-dealkylation sites (tertiary alicyclic amines) is 1. The molecule has 0 atom stereocenters. The molecule has 1 amide bonds. The van der Waals surface area contributed by atoms with Crippen LogP contribution in [0.1, 0.15) is 18.4 Å². The van der Waals surface area contributed by atoms with E-state index in [0.717, 1.165) is 64.6 Å². The fourth-order valence-electron chi connectivity index (χ4n) is 4.01. The van der Waals surface area contributed by atoms with Crippen LogP contribution in [0.4, 0.5) is 0 Å². The molecule has 0 bridgehead atoms. The van der Waals surface area contributed by atoms with Gasteiger partial charge in [0.15, 0.2) is 11.0 Å². The molecule has 0 spiro atoms. The molecular formula is C23H23N5OS. The van der Waals surface area contributed by atoms with Crippen LogP contribution in [0.3, 0.4) is 0 Å². The molecule has 1 saturated heterocycles. The van der Waals surface area contributed by atoms with E-state index >= 15 is 0 Å². The average Bonchev–Trinajstić information content (AvgIpc) is 3.51. The number of nitrogens with one attached hydrogen (secondary N) is 1. The lowest BCUT2D eigenvalue weighted by Crippen LogP contribution is -2.29. The topological polar surface area (TPSA) is 66.8 Å². The number of nitrogens with zero attached hydrogens (tertiary/aromatic N) is 4. The second kappa shape index (κ2) is 7.99. The molecule has 0 radical (unpaired) electrons. The Hall–Kier alpha value is -3.06. The molecule has 1 aliphatic rings. The number of thioether (sulfide) groups is 1. The fraction of sp³-hybridized carbons (Fsp3) is 0.261. The monoisotopic (exact) mass is 417 g/mol. The maximum Gasteiger partial charge on any atom is 0.233 e. The second-order valence-electron chi connectivity index (χ2n) is 7.55. The molecule has 152 valence electrons. The van der Waals surface area contributed by atoms with Crippen molar-refractivity contribution in [2.45, 2.75) is 24.9 Å². The predicted octanol–water partition coefficient (Wildman–Crippen LogP) is 4.44. The van der Waals surface area contributed by atoms with Crippen molar-refractivity contribution in [3.8, 4) is 17.1 Å². The fourth-order valence-corrected chi connectivity index (χ4v) is 4.86. The van der Waals surface area contributed by atoms with Gasteiger partial charge in [-0.1, -0.05) is 48.2 Å². The molecule has 0 unspecified atom stereocenters. The van der Waals surface area contributed by atoms with E-state index in [1.807, 2.05) is 35.4 Å². The Kier molecular flexibility index (Phi) is 5.04. The zero-order chi connectivity index (χ0) is 20.5. The third-order valence-corrected chi connectivity index (χ3v) is 6.52. The number of aryl methyl sites for hydroxylation is 1. The minimum atomic E-state index is 0.172. The third kappa shape index (κ3) is 3.39. The van der Waals surface area contributed by atoms with Crippen molar-refractivity contribution in [1.82, 2.24) is 24.6 Å². The number of H-pyrrole nitrogens is 1. The Labute approximate surface area is 179 Å². The van der Waals surface area contributed by atoms with Gasteiger partial charge in [0, 0.05) is 35.8 Å². The summed E-state index contributed by atoms with van der Waals surface area (Å²) < 4.78 is 2.08. The van der Waals surface area contributed by atoms with E-state index in [1.54, 1.807) is 0 Å². The normalized spacial score (nSPS) is 14.0. The molecule has 5 rings (SSSR count). The van der Waals surface area contributed by atoms with Gasteiger partial charge >= 0.3 is 0 Å². The van der Waals surface area contributed by atoms with Gasteiger partial charge in [0.05, 0.1) is 11.4 Å². The highest BCUT2D eigenvalue weighted by atomic mass is 32.2. The first-order chi connectivity index (χ1) is 14.7. The van der Waals surface area contributed by atoms with Crippen molar-refractivity contribution in [2.24, 2.45) is 0 Å². The molecule has 6 nitrogen and oxygen atoms in total. The maximum absolute atomic E-state index is 12.6. The Morgan fingerprint density at radius 1 is 1.07 bits per heavy atom. The van der Waals surface area contributed by atoms with Crippen molar-refractivity contribution in [3.63, 3.8) is 0 Å². The van der Waals surface area contributed by atoms with Crippen LogP contribution in [0.5, 0.6) is 0 Å². The molecule has 1 aliphatic heterocycles. The number of amides is 1. The van der Waals surface area contributed by atoms with E-state index in [4.69, 9.17) is 0 Å². The van der Waals surface area contributed by atoms with Gasteiger partial charge in [-0.15, -0.1) is 10.2 Å². The SMILES string of the molecule is Cc1ccccc1-n1c(SCC(=O)N2CCCC2)nnc1-c1c[nH]c2ccccc12. The summed E-state index contributed by atoms with van der Waals surface area (Å²) in [4.78, 5) is 17.9. The highest BCUT2D eigenvalue weighted by molar-refractivity contribution is 7.99. The number of rotatable bonds is 5. The number of para-hydroxylation sites is 2. The van der Waals surface area contributed by atoms with Gasteiger partial charge in [0.2, 0.25) is 5.91 Å². The van der Waals surface area contributed by atoms with E-state index in [1.165, 1.54) is 11.8 Å². The van der Waals surface area contributed by atoms with Crippen molar-refractivity contribution in [3.05, 3.63) is 60.3 Å². The van der Waals surface area contributed by atoms with Crippen LogP contribution in [0.2, 0.25) is 0 Å². The lowest BCUT2D eigenvalue weighted by atomic mass is 10.1. The van der Waals surface area contributed by atoms with Gasteiger partial charge in [-0.2, -0.15) is 0 Å². The number of carbonyl (C=O) groups is 1. The van der Waals surface area contributed by atoms with Crippen molar-refractivity contribution >= 4 is 28.6 Å². The van der Waals surface area contributed by atoms with Crippen LogP contribution in [0.25, 0.3) is 28.0 Å². The molecule has 1 fully saturated rings. The lowest BCUT2D eigenvalue weighted by molar-refractivity contribution is -0.127. The van der Waals surface area contributed by atoms with Crippen LogP contribution >= 0.6 is 11.8 Å². The van der Waals surface area contributed by atoms with E-state index in [9.17, 15) is 4.79 Å². The van der Waals surface area contributed by atoms with Crippen molar-refractivity contribution in [1.29, 1.82) is 0 Å². The summed E-state index contributed by atoms with van der Waals surface area (Å²) in [6.45, 7) is 3.81. The highest BCUT2D eigenvalue weighted by Gasteiger charge is 2.22. The minimum Gasteiger partial charge on any atom is -0.360 e. The number of aromatic amines is 1. The van der Waals surface area contributed by atoms with Crippen molar-refractivity contribution in [2.75, 3.05) is 18.8 Å². The quantitative estimate of drug-likeness (QED) is 0.488. The van der Waals surface area contributed by atoms with Crippen molar-refractivity contribution < 1.29 is 4.79 Å². The Bertz CT molecular complexity index is 1210. The molecule has 7 heteroatoms. The standard InChI is InChI=1S/C23H23N5OS/c1-16-8-2-5-11-20(16)28-22(18-14-24-19-10-4-3-9-17(18)19)25-26-23(28)30-15-21(29)27-12-6-7-13-27/h2-5,8-11,14,24H,6-7,12-13,15H2,1H3. The van der Waals surface area contributed by atoms with Gasteiger partial charge in [-0.25, -0.2) is 0 Å². The van der Waals surface area contributed by atoms with Crippen LogP contribution in [-0.2, 0) is 4.79 Å². The molecular weight excluding hydrogens is 394 g/mol. The lowest BCUT2D eigenvalue weighted by Gasteiger charge is -2.15. The Morgan fingerprint density at radius 2 is 1.83 bits per heavy atom. The van der Waals surface area contributed by atoms with Crippen LogP contribution in [-0.4, -0.2) is 49.4 Å². The first-order valence-corrected chi connectivity index (χ1v) is 11.2. The summed E-state index contributed by atoms with van der Waals surface area (Å²) in [7, 11) is 0. The number of hydrogen-bond acceptors (Lipinski definition) is 4. The second-order valence-corrected chi connectivity index (χ2v) is 8.50. The number of fused-ring (bicyclic) bond motifs is 1. The summed E-state index contributed by atoms with van der Waals surface area (Å²) in [6.07, 6.45) is 4.17. The van der Waals surface area contributed by atoms with Crippen LogP contribution in [0, 0.1) is 6.92 Å². The summed E-state index contributed by atoms with van der Waals surface area (Å²) in [5.41, 5.74) is 4.22. The highest BCUT2D eigenvalue weighted by Crippen LogP contribution is 2.33. The van der Waals surface area contributed by atoms with E-state index < -0.39 is 0 Å². The number of aromatic nitrogens is 4. The third-order valence-electron chi connectivity index (χ3n) is 5.60. The number of benzene rings is 2. The molecule has 1 N–H and O–H groups in total. The minimum absolute atomic E-state index is 0.172. The van der Waals surface area contributed by atoms with E-state index in [-0.39, 0.29) is 5.91 Å². The molecule has 2 aromatic heterocycles. The molecule has 0 aliphatic carbocycles. The van der Waals surface area contributed by atoms with Crippen LogP contribution < -0.4 is 0 Å². The summed E-state index contributed by atoms with van der Waals surface area (Å²) in [5.74, 6) is 1.32. The van der Waals surface area contributed by atoms with E-state index in [2.05, 4.69) is 50.9 Å². The summed E-state index contributed by atoms with van der Waals surface area (Å²) >= 11 is 1.46. The Morgan fingerprint density at radius 3 is 2.67 bits per heavy atom. The van der Waals surface area contributed by atoms with Gasteiger partial charge in [-0.3, -0.25) is 9.36 Å². The molecule has 3 heterocycles. The molecule has 4 aromatic rings. The first kappa shape index (κ1) is 18.9. The smallest absolute Gasteiger partial charge is 0.233 e. The van der Waals surface area contributed by atoms with Gasteiger partial charge < -0.3 is 9.88 Å². The van der Waals surface area contributed by atoms with Gasteiger partial charge in [-0.05, 0) is 37.5 Å². The predicted molar refractivity (Wildman–Crippen MR) is 120 cm³/mol. The van der Waals surface area contributed by atoms with Crippen LogP contribution in [0.15, 0.2) is 59.9 Å². The molecule has 30 heavy (non-hydrogen) atoms. The average molecular weight is 418 g/mol.